The van der Waals surface area contributed by atoms with Gasteiger partial charge in [0.15, 0.2) is 0 Å². The average molecular weight is 370 g/mol. The minimum atomic E-state index is -0.386. The fraction of sp³-hybridized carbons (Fsp3) is 0.333. The van der Waals surface area contributed by atoms with Crippen LogP contribution in [0, 0.1) is 5.82 Å². The molecular weight excluding hydrogens is 347 g/mol. The lowest BCUT2D eigenvalue weighted by Gasteiger charge is -2.35. The van der Waals surface area contributed by atoms with E-state index in [9.17, 15) is 14.0 Å². The molecule has 1 aliphatic rings. The van der Waals surface area contributed by atoms with Gasteiger partial charge in [-0.1, -0.05) is 36.4 Å². The Labute approximate surface area is 157 Å². The summed E-state index contributed by atoms with van der Waals surface area (Å²) in [5.74, 6) is -0.648. The first kappa shape index (κ1) is 18.9. The first-order valence-electron chi connectivity index (χ1n) is 9.05. The van der Waals surface area contributed by atoms with E-state index < -0.39 is 0 Å². The molecule has 0 aliphatic carbocycles. The molecule has 1 saturated heterocycles. The third kappa shape index (κ3) is 4.64. The van der Waals surface area contributed by atoms with E-state index in [1.807, 2.05) is 31.2 Å². The van der Waals surface area contributed by atoms with Crippen LogP contribution in [-0.4, -0.2) is 29.5 Å². The van der Waals surface area contributed by atoms with Crippen LogP contribution >= 0.6 is 0 Å². The molecule has 5 nitrogen and oxygen atoms in total. The zero-order valence-electron chi connectivity index (χ0n) is 15.2. The van der Waals surface area contributed by atoms with Crippen molar-refractivity contribution in [1.29, 1.82) is 0 Å². The Morgan fingerprint density at radius 2 is 1.78 bits per heavy atom. The SMILES string of the molecule is CC(c1ccc(-c2ccc(F)cc2)cc1)N1CCC(CCC(N)=O)OC1=O. The average Bonchev–Trinajstić information content (AvgIpc) is 2.67. The molecule has 0 aromatic heterocycles. The Balaban J connectivity index is 1.64. The fourth-order valence-electron chi connectivity index (χ4n) is 3.28. The van der Waals surface area contributed by atoms with Crippen molar-refractivity contribution in [3.8, 4) is 11.1 Å². The quantitative estimate of drug-likeness (QED) is 0.834. The van der Waals surface area contributed by atoms with Gasteiger partial charge in [-0.3, -0.25) is 4.79 Å². The van der Waals surface area contributed by atoms with Crippen LogP contribution in [0.15, 0.2) is 48.5 Å². The van der Waals surface area contributed by atoms with Gasteiger partial charge in [0.25, 0.3) is 0 Å². The highest BCUT2D eigenvalue weighted by Crippen LogP contribution is 2.28. The molecule has 0 spiro atoms. The van der Waals surface area contributed by atoms with Gasteiger partial charge in [-0.15, -0.1) is 0 Å². The fourth-order valence-corrected chi connectivity index (χ4v) is 3.28. The van der Waals surface area contributed by atoms with Crippen molar-refractivity contribution in [2.45, 2.75) is 38.3 Å². The molecule has 142 valence electrons. The highest BCUT2D eigenvalue weighted by Gasteiger charge is 2.30. The summed E-state index contributed by atoms with van der Waals surface area (Å²) in [5, 5.41) is 0. The van der Waals surface area contributed by atoms with Crippen LogP contribution in [0.2, 0.25) is 0 Å². The molecule has 0 saturated carbocycles. The monoisotopic (exact) mass is 370 g/mol. The van der Waals surface area contributed by atoms with E-state index in [2.05, 4.69) is 0 Å². The number of cyclic esters (lactones) is 1. The van der Waals surface area contributed by atoms with E-state index in [-0.39, 0.29) is 36.4 Å². The molecule has 1 fully saturated rings. The molecule has 1 aliphatic heterocycles. The second-order valence-electron chi connectivity index (χ2n) is 6.80. The summed E-state index contributed by atoms with van der Waals surface area (Å²) >= 11 is 0. The van der Waals surface area contributed by atoms with Crippen molar-refractivity contribution < 1.29 is 18.7 Å². The molecule has 0 radical (unpaired) electrons. The molecule has 27 heavy (non-hydrogen) atoms. The van der Waals surface area contributed by atoms with Gasteiger partial charge < -0.3 is 15.4 Å². The van der Waals surface area contributed by atoms with Gasteiger partial charge in [-0.25, -0.2) is 9.18 Å². The number of ether oxygens (including phenoxy) is 1. The van der Waals surface area contributed by atoms with E-state index in [0.717, 1.165) is 16.7 Å². The van der Waals surface area contributed by atoms with E-state index in [0.29, 0.717) is 19.4 Å². The number of benzene rings is 2. The second kappa shape index (κ2) is 8.20. The number of hydrogen-bond acceptors (Lipinski definition) is 3. The predicted molar refractivity (Wildman–Crippen MR) is 100 cm³/mol. The first-order chi connectivity index (χ1) is 12.9. The Bertz CT molecular complexity index is 805. The maximum Gasteiger partial charge on any atom is 0.410 e. The van der Waals surface area contributed by atoms with Crippen LogP contribution in [0.5, 0.6) is 0 Å². The summed E-state index contributed by atoms with van der Waals surface area (Å²) in [6.07, 6.45) is 0.741. The lowest BCUT2D eigenvalue weighted by Crippen LogP contribution is -2.43. The van der Waals surface area contributed by atoms with Gasteiger partial charge in [0.05, 0.1) is 6.04 Å². The second-order valence-corrected chi connectivity index (χ2v) is 6.80. The normalized spacial score (nSPS) is 18.1. The zero-order valence-corrected chi connectivity index (χ0v) is 15.2. The third-order valence-electron chi connectivity index (χ3n) is 4.94. The number of primary amides is 1. The number of hydrogen-bond donors (Lipinski definition) is 1. The van der Waals surface area contributed by atoms with E-state index >= 15 is 0 Å². The third-order valence-corrected chi connectivity index (χ3v) is 4.94. The summed E-state index contributed by atoms with van der Waals surface area (Å²) < 4.78 is 18.5. The summed E-state index contributed by atoms with van der Waals surface area (Å²) in [6.45, 7) is 2.53. The van der Waals surface area contributed by atoms with Crippen LogP contribution in [0.1, 0.15) is 37.8 Å². The van der Waals surface area contributed by atoms with Crippen LogP contribution in [0.4, 0.5) is 9.18 Å². The van der Waals surface area contributed by atoms with Crippen LogP contribution in [0.25, 0.3) is 11.1 Å². The maximum atomic E-state index is 13.1. The molecule has 2 N–H and O–H groups in total. The van der Waals surface area contributed by atoms with E-state index in [1.54, 1.807) is 17.0 Å². The minimum Gasteiger partial charge on any atom is -0.446 e. The molecule has 2 aromatic carbocycles. The molecule has 3 rings (SSSR count). The maximum absolute atomic E-state index is 13.1. The van der Waals surface area contributed by atoms with Gasteiger partial charge in [0, 0.05) is 19.4 Å². The van der Waals surface area contributed by atoms with Crippen LogP contribution in [0.3, 0.4) is 0 Å². The van der Waals surface area contributed by atoms with Crippen molar-refractivity contribution in [2.75, 3.05) is 6.54 Å². The smallest absolute Gasteiger partial charge is 0.410 e. The van der Waals surface area contributed by atoms with Crippen molar-refractivity contribution in [2.24, 2.45) is 5.73 Å². The summed E-state index contributed by atoms with van der Waals surface area (Å²) in [7, 11) is 0. The van der Waals surface area contributed by atoms with Crippen molar-refractivity contribution >= 4 is 12.0 Å². The number of amides is 2. The molecule has 2 atom stereocenters. The van der Waals surface area contributed by atoms with Crippen molar-refractivity contribution in [3.05, 3.63) is 59.9 Å². The highest BCUT2D eigenvalue weighted by molar-refractivity contribution is 5.74. The minimum absolute atomic E-state index is 0.128. The molecule has 2 aromatic rings. The number of halogens is 1. The number of nitrogens with zero attached hydrogens (tertiary/aromatic N) is 1. The van der Waals surface area contributed by atoms with Gasteiger partial charge >= 0.3 is 6.09 Å². The van der Waals surface area contributed by atoms with Crippen LogP contribution in [-0.2, 0) is 9.53 Å². The predicted octanol–water partition coefficient (Wildman–Crippen LogP) is 4.03. The topological polar surface area (TPSA) is 72.6 Å². The van der Waals surface area contributed by atoms with Gasteiger partial charge in [-0.2, -0.15) is 0 Å². The number of rotatable bonds is 6. The van der Waals surface area contributed by atoms with Gasteiger partial charge in [-0.05, 0) is 42.2 Å². The molecule has 2 amide bonds. The molecular formula is C21H23FN2O3. The number of carbonyl (C=O) groups excluding carboxylic acids is 2. The molecule has 1 heterocycles. The summed E-state index contributed by atoms with van der Waals surface area (Å²) in [5.41, 5.74) is 8.06. The number of nitrogens with two attached hydrogens (primary N) is 1. The lowest BCUT2D eigenvalue weighted by molar-refractivity contribution is -0.118. The lowest BCUT2D eigenvalue weighted by atomic mass is 10.00. The van der Waals surface area contributed by atoms with Crippen LogP contribution < -0.4 is 5.73 Å². The summed E-state index contributed by atoms with van der Waals surface area (Å²) in [4.78, 5) is 24.9. The van der Waals surface area contributed by atoms with Gasteiger partial charge in [0.1, 0.15) is 11.9 Å². The van der Waals surface area contributed by atoms with Gasteiger partial charge in [0.2, 0.25) is 5.91 Å². The Kier molecular flexibility index (Phi) is 5.74. The Morgan fingerprint density at radius 3 is 2.33 bits per heavy atom. The van der Waals surface area contributed by atoms with Crippen molar-refractivity contribution in [3.63, 3.8) is 0 Å². The summed E-state index contributed by atoms with van der Waals surface area (Å²) in [6, 6.07) is 14.1. The van der Waals surface area contributed by atoms with Crippen molar-refractivity contribution in [1.82, 2.24) is 4.90 Å². The highest BCUT2D eigenvalue weighted by atomic mass is 19.1. The standard InChI is InChI=1S/C21H23FN2O3/c1-14(24-13-12-19(27-21(24)26)10-11-20(23)25)15-2-4-16(5-3-15)17-6-8-18(22)9-7-17/h2-9,14,19H,10-13H2,1H3,(H2,23,25). The number of carbonyl (C=O) groups is 2. The molecule has 0 bridgehead atoms. The Hall–Kier alpha value is -2.89. The van der Waals surface area contributed by atoms with E-state index in [4.69, 9.17) is 10.5 Å². The largest absolute Gasteiger partial charge is 0.446 e. The molecule has 2 unspecified atom stereocenters. The molecule has 6 heteroatoms. The van der Waals surface area contributed by atoms with E-state index in [1.165, 1.54) is 12.1 Å². The first-order valence-corrected chi connectivity index (χ1v) is 9.05. The zero-order chi connectivity index (χ0) is 19.4. The Morgan fingerprint density at radius 1 is 1.19 bits per heavy atom.